The molecule has 0 saturated heterocycles. The maximum Gasteiger partial charge on any atom is 0.272 e. The fourth-order valence-corrected chi connectivity index (χ4v) is 3.97. The van der Waals surface area contributed by atoms with Gasteiger partial charge in [0.2, 0.25) is 5.91 Å². The van der Waals surface area contributed by atoms with Crippen LogP contribution in [-0.2, 0) is 24.4 Å². The largest absolute Gasteiger partial charge is 0.357 e. The highest BCUT2D eigenvalue weighted by Gasteiger charge is 2.30. The standard InChI is InChI=1S/C24H27N7O2/c1-16(2)20(23(32)25-3)29-24(33)21-19-14-30(13-17-11-26-15-27-12-17)9-10-31(19)22(28-21)18-7-5-4-6-8-18/h4-8,11-12,15,20H,1,9-10,13-14H2,2-3H3,(H,25,32)(H,29,33)/t20-/m0/s1. The smallest absolute Gasteiger partial charge is 0.272 e. The molecule has 0 radical (unpaired) electrons. The number of hydrogen-bond acceptors (Lipinski definition) is 6. The van der Waals surface area contributed by atoms with Gasteiger partial charge >= 0.3 is 0 Å². The average molecular weight is 446 g/mol. The monoisotopic (exact) mass is 445 g/mol. The molecule has 0 spiro atoms. The lowest BCUT2D eigenvalue weighted by Gasteiger charge is -2.29. The van der Waals surface area contributed by atoms with Crippen molar-refractivity contribution in [1.82, 2.24) is 35.1 Å². The molecule has 3 heterocycles. The van der Waals surface area contributed by atoms with Crippen LogP contribution in [0.4, 0.5) is 0 Å². The zero-order chi connectivity index (χ0) is 23.4. The number of rotatable bonds is 7. The Kier molecular flexibility index (Phi) is 6.60. The van der Waals surface area contributed by atoms with E-state index in [-0.39, 0.29) is 5.91 Å². The number of carbonyl (C=O) groups is 2. The van der Waals surface area contributed by atoms with Gasteiger partial charge in [0, 0.05) is 56.7 Å². The van der Waals surface area contributed by atoms with E-state index in [0.717, 1.165) is 29.2 Å². The number of nitrogens with zero attached hydrogens (tertiary/aromatic N) is 5. The Morgan fingerprint density at radius 2 is 1.88 bits per heavy atom. The summed E-state index contributed by atoms with van der Waals surface area (Å²) >= 11 is 0. The SMILES string of the molecule is C=C(C)[C@H](NC(=O)c1nc(-c2ccccc2)n2c1CN(Cc1cncnc1)CC2)C(=O)NC. The summed E-state index contributed by atoms with van der Waals surface area (Å²) in [6.45, 7) is 8.25. The Morgan fingerprint density at radius 1 is 1.15 bits per heavy atom. The zero-order valence-electron chi connectivity index (χ0n) is 18.8. The Hall–Kier alpha value is -3.85. The highest BCUT2D eigenvalue weighted by molar-refractivity contribution is 5.98. The van der Waals surface area contributed by atoms with Crippen LogP contribution in [0.1, 0.15) is 28.7 Å². The van der Waals surface area contributed by atoms with Gasteiger partial charge in [0.15, 0.2) is 5.69 Å². The Labute approximate surface area is 192 Å². The number of benzene rings is 1. The number of nitrogens with one attached hydrogen (secondary N) is 2. The highest BCUT2D eigenvalue weighted by atomic mass is 16.2. The van der Waals surface area contributed by atoms with Gasteiger partial charge in [0.25, 0.3) is 5.91 Å². The first-order valence-electron chi connectivity index (χ1n) is 10.8. The van der Waals surface area contributed by atoms with Gasteiger partial charge < -0.3 is 15.2 Å². The fourth-order valence-electron chi connectivity index (χ4n) is 3.97. The summed E-state index contributed by atoms with van der Waals surface area (Å²) in [5, 5.41) is 5.37. The second kappa shape index (κ2) is 9.74. The van der Waals surface area contributed by atoms with Crippen molar-refractivity contribution in [3.8, 4) is 11.4 Å². The van der Waals surface area contributed by atoms with Gasteiger partial charge in [-0.05, 0) is 12.5 Å². The number of likely N-dealkylation sites (N-methyl/N-ethyl adjacent to an activating group) is 1. The van der Waals surface area contributed by atoms with Crippen molar-refractivity contribution in [3.05, 3.63) is 78.2 Å². The van der Waals surface area contributed by atoms with E-state index in [1.54, 1.807) is 19.3 Å². The van der Waals surface area contributed by atoms with E-state index in [1.165, 1.54) is 13.4 Å². The van der Waals surface area contributed by atoms with Crippen molar-refractivity contribution in [2.75, 3.05) is 13.6 Å². The molecule has 0 saturated carbocycles. The van der Waals surface area contributed by atoms with E-state index in [0.29, 0.717) is 30.9 Å². The van der Waals surface area contributed by atoms with Gasteiger partial charge in [0.05, 0.1) is 5.69 Å². The summed E-state index contributed by atoms with van der Waals surface area (Å²) in [6, 6.07) is 8.97. The maximum atomic E-state index is 13.3. The molecule has 3 aromatic rings. The molecule has 0 unspecified atom stereocenters. The van der Waals surface area contributed by atoms with Gasteiger partial charge in [-0.2, -0.15) is 0 Å². The summed E-state index contributed by atoms with van der Waals surface area (Å²) in [5.74, 6) is 0.0191. The quantitative estimate of drug-likeness (QED) is 0.537. The van der Waals surface area contributed by atoms with Gasteiger partial charge in [-0.1, -0.05) is 36.9 Å². The molecule has 1 aliphatic heterocycles. The minimum atomic E-state index is -0.832. The van der Waals surface area contributed by atoms with Crippen molar-refractivity contribution in [1.29, 1.82) is 0 Å². The third kappa shape index (κ3) is 4.83. The Bertz CT molecular complexity index is 1160. The Morgan fingerprint density at radius 3 is 2.55 bits per heavy atom. The Balaban J connectivity index is 1.68. The number of hydrogen-bond donors (Lipinski definition) is 2. The molecule has 0 bridgehead atoms. The van der Waals surface area contributed by atoms with Crippen LogP contribution in [-0.4, -0.2) is 55.9 Å². The molecular formula is C24H27N7O2. The summed E-state index contributed by atoms with van der Waals surface area (Å²) in [7, 11) is 1.53. The lowest BCUT2D eigenvalue weighted by molar-refractivity contribution is -0.121. The molecule has 9 nitrogen and oxygen atoms in total. The van der Waals surface area contributed by atoms with Crippen molar-refractivity contribution >= 4 is 11.8 Å². The molecule has 2 N–H and O–H groups in total. The summed E-state index contributed by atoms with van der Waals surface area (Å²) in [5.41, 5.74) is 3.61. The average Bonchev–Trinajstić information content (AvgIpc) is 3.22. The third-order valence-corrected chi connectivity index (χ3v) is 5.63. The molecule has 9 heteroatoms. The minimum absolute atomic E-state index is 0.318. The van der Waals surface area contributed by atoms with Crippen molar-refractivity contribution < 1.29 is 9.59 Å². The molecule has 1 atom stereocenters. The van der Waals surface area contributed by atoms with E-state index in [9.17, 15) is 9.59 Å². The summed E-state index contributed by atoms with van der Waals surface area (Å²) < 4.78 is 2.10. The second-order valence-electron chi connectivity index (χ2n) is 8.07. The van der Waals surface area contributed by atoms with E-state index in [4.69, 9.17) is 4.98 Å². The summed E-state index contributed by atoms with van der Waals surface area (Å²) in [6.07, 6.45) is 5.10. The predicted octanol–water partition coefficient (Wildman–Crippen LogP) is 1.78. The molecule has 2 aromatic heterocycles. The third-order valence-electron chi connectivity index (χ3n) is 5.63. The number of fused-ring (bicyclic) bond motifs is 1. The van der Waals surface area contributed by atoms with Crippen molar-refractivity contribution in [2.45, 2.75) is 32.6 Å². The van der Waals surface area contributed by atoms with Crippen LogP contribution in [0.15, 0.2) is 61.2 Å². The number of aromatic nitrogens is 4. The maximum absolute atomic E-state index is 13.3. The van der Waals surface area contributed by atoms with Crippen LogP contribution in [0.2, 0.25) is 0 Å². The highest BCUT2D eigenvalue weighted by Crippen LogP contribution is 2.27. The normalized spacial score (nSPS) is 14.2. The van der Waals surface area contributed by atoms with Gasteiger partial charge in [-0.3, -0.25) is 14.5 Å². The van der Waals surface area contributed by atoms with E-state index < -0.39 is 11.9 Å². The molecule has 0 fully saturated rings. The first-order valence-corrected chi connectivity index (χ1v) is 10.8. The number of amides is 2. The van der Waals surface area contributed by atoms with Gasteiger partial charge in [-0.25, -0.2) is 15.0 Å². The lowest BCUT2D eigenvalue weighted by atomic mass is 10.1. The molecule has 1 aliphatic rings. The molecule has 4 rings (SSSR count). The van der Waals surface area contributed by atoms with E-state index in [2.05, 4.69) is 36.6 Å². The lowest BCUT2D eigenvalue weighted by Crippen LogP contribution is -2.46. The molecule has 0 aliphatic carbocycles. The first-order chi connectivity index (χ1) is 16.0. The molecule has 2 amide bonds. The second-order valence-corrected chi connectivity index (χ2v) is 8.07. The van der Waals surface area contributed by atoms with E-state index in [1.807, 2.05) is 30.3 Å². The van der Waals surface area contributed by atoms with E-state index >= 15 is 0 Å². The topological polar surface area (TPSA) is 105 Å². The van der Waals surface area contributed by atoms with Gasteiger partial charge in [0.1, 0.15) is 18.2 Å². The predicted molar refractivity (Wildman–Crippen MR) is 124 cm³/mol. The number of carbonyl (C=O) groups excluding carboxylic acids is 2. The fraction of sp³-hybridized carbons (Fsp3) is 0.292. The van der Waals surface area contributed by atoms with Crippen LogP contribution in [0.5, 0.6) is 0 Å². The van der Waals surface area contributed by atoms with Crippen LogP contribution in [0, 0.1) is 0 Å². The van der Waals surface area contributed by atoms with Crippen LogP contribution >= 0.6 is 0 Å². The van der Waals surface area contributed by atoms with Gasteiger partial charge in [-0.15, -0.1) is 0 Å². The zero-order valence-corrected chi connectivity index (χ0v) is 18.8. The summed E-state index contributed by atoms with van der Waals surface area (Å²) in [4.78, 5) is 40.7. The van der Waals surface area contributed by atoms with Crippen molar-refractivity contribution in [2.24, 2.45) is 0 Å². The molecular weight excluding hydrogens is 418 g/mol. The molecule has 1 aromatic carbocycles. The van der Waals surface area contributed by atoms with Crippen molar-refractivity contribution in [3.63, 3.8) is 0 Å². The van der Waals surface area contributed by atoms with Crippen LogP contribution in [0.3, 0.4) is 0 Å². The molecule has 33 heavy (non-hydrogen) atoms. The van der Waals surface area contributed by atoms with Crippen LogP contribution < -0.4 is 10.6 Å². The first kappa shape index (κ1) is 22.3. The molecule has 170 valence electrons. The van der Waals surface area contributed by atoms with Crippen LogP contribution in [0.25, 0.3) is 11.4 Å². The minimum Gasteiger partial charge on any atom is -0.357 e. The number of imidazole rings is 1.